The predicted octanol–water partition coefficient (Wildman–Crippen LogP) is 3.33. The van der Waals surface area contributed by atoms with Gasteiger partial charge >= 0.3 is 0 Å². The summed E-state index contributed by atoms with van der Waals surface area (Å²) in [6.45, 7) is 0.487. The van der Waals surface area contributed by atoms with Gasteiger partial charge in [0, 0.05) is 23.9 Å². The Morgan fingerprint density at radius 3 is 2.53 bits per heavy atom. The lowest BCUT2D eigenvalue weighted by Gasteiger charge is -2.19. The fourth-order valence-corrected chi connectivity index (χ4v) is 5.70. The molecule has 0 aliphatic carbocycles. The molecule has 13 heteroatoms. The molecule has 0 unspecified atom stereocenters. The van der Waals surface area contributed by atoms with Gasteiger partial charge in [-0.25, -0.2) is 22.2 Å². The van der Waals surface area contributed by atoms with Crippen molar-refractivity contribution in [1.82, 2.24) is 15.2 Å². The zero-order valence-corrected chi connectivity index (χ0v) is 21.8. The van der Waals surface area contributed by atoms with E-state index in [0.717, 1.165) is 16.0 Å². The first-order chi connectivity index (χ1) is 18.0. The molecule has 0 radical (unpaired) electrons. The maximum atomic E-state index is 13.5. The Morgan fingerprint density at radius 2 is 1.87 bits per heavy atom. The van der Waals surface area contributed by atoms with Gasteiger partial charge in [0.05, 0.1) is 29.1 Å². The minimum Gasteiger partial charge on any atom is -0.342 e. The fraction of sp³-hybridized carbons (Fsp3) is 0.280. The number of rotatable bonds is 8. The third-order valence-electron chi connectivity index (χ3n) is 5.82. The largest absolute Gasteiger partial charge is 0.342 e. The highest BCUT2D eigenvalue weighted by molar-refractivity contribution is 7.92. The van der Waals surface area contributed by atoms with E-state index in [1.165, 1.54) is 28.8 Å². The summed E-state index contributed by atoms with van der Waals surface area (Å²) in [7, 11) is -3.72. The van der Waals surface area contributed by atoms with E-state index in [4.69, 9.17) is 5.26 Å². The molecule has 1 atom stereocenters. The number of hydrogen-bond acceptors (Lipinski definition) is 7. The molecule has 1 aliphatic rings. The van der Waals surface area contributed by atoms with Crippen LogP contribution in [-0.2, 0) is 21.2 Å². The number of aromatic nitrogens is 1. The van der Waals surface area contributed by atoms with E-state index in [0.29, 0.717) is 17.1 Å². The monoisotopic (exact) mass is 559 g/mol. The first kappa shape index (κ1) is 27.2. The van der Waals surface area contributed by atoms with Gasteiger partial charge in [0.1, 0.15) is 11.7 Å². The Bertz CT molecular complexity index is 1480. The highest BCUT2D eigenvalue weighted by atomic mass is 32.2. The van der Waals surface area contributed by atoms with E-state index in [-0.39, 0.29) is 10.6 Å². The van der Waals surface area contributed by atoms with Crippen LogP contribution in [0.25, 0.3) is 0 Å². The molecule has 198 valence electrons. The van der Waals surface area contributed by atoms with Gasteiger partial charge in [-0.3, -0.25) is 14.3 Å². The van der Waals surface area contributed by atoms with Gasteiger partial charge in [0.25, 0.3) is 21.9 Å². The second kappa shape index (κ2) is 10.8. The van der Waals surface area contributed by atoms with Crippen molar-refractivity contribution in [2.45, 2.75) is 36.6 Å². The number of benzene rings is 2. The van der Waals surface area contributed by atoms with Crippen LogP contribution in [0.2, 0.25) is 0 Å². The molecule has 0 bridgehead atoms. The van der Waals surface area contributed by atoms with Crippen LogP contribution in [-0.4, -0.2) is 55.2 Å². The van der Waals surface area contributed by atoms with Gasteiger partial charge in [-0.15, -0.1) is 11.3 Å². The van der Waals surface area contributed by atoms with Crippen molar-refractivity contribution in [2.75, 3.05) is 17.8 Å². The molecule has 1 saturated heterocycles. The number of aryl methyl sites for hydroxylation is 1. The smallest absolute Gasteiger partial charge is 0.271 e. The Balaban J connectivity index is 1.31. The number of sulfonamides is 1. The lowest BCUT2D eigenvalue weighted by molar-refractivity contribution is -0.131. The summed E-state index contributed by atoms with van der Waals surface area (Å²) in [5.41, 5.74) is 2.25. The average Bonchev–Trinajstić information content (AvgIpc) is 3.47. The highest BCUT2D eigenvalue weighted by Gasteiger charge is 2.47. The predicted molar refractivity (Wildman–Crippen MR) is 136 cm³/mol. The molecule has 2 N–H and O–H groups in total. The Morgan fingerprint density at radius 1 is 1.18 bits per heavy atom. The third-order valence-corrected chi connectivity index (χ3v) is 8.06. The Kier molecular flexibility index (Phi) is 7.75. The van der Waals surface area contributed by atoms with E-state index < -0.39 is 53.3 Å². The summed E-state index contributed by atoms with van der Waals surface area (Å²) in [5.74, 6) is -4.54. The minimum absolute atomic E-state index is 0.0730. The number of alkyl halides is 2. The number of thiazole rings is 1. The van der Waals surface area contributed by atoms with Crippen molar-refractivity contribution in [3.8, 4) is 6.07 Å². The number of nitrogens with zero attached hydrogens (tertiary/aromatic N) is 3. The summed E-state index contributed by atoms with van der Waals surface area (Å²) in [5, 5.41) is 13.5. The molecule has 2 aromatic carbocycles. The summed E-state index contributed by atoms with van der Waals surface area (Å²) in [6.07, 6.45) is -0.340. The van der Waals surface area contributed by atoms with Crippen molar-refractivity contribution in [3.05, 3.63) is 75.7 Å². The zero-order chi connectivity index (χ0) is 27.5. The van der Waals surface area contributed by atoms with E-state index in [2.05, 4.69) is 15.0 Å². The van der Waals surface area contributed by atoms with Crippen molar-refractivity contribution in [1.29, 1.82) is 5.26 Å². The lowest BCUT2D eigenvalue weighted by Crippen LogP contribution is -2.43. The first-order valence-corrected chi connectivity index (χ1v) is 13.8. The lowest BCUT2D eigenvalue weighted by atomic mass is 10.1. The van der Waals surface area contributed by atoms with Crippen molar-refractivity contribution < 1.29 is 26.8 Å². The number of carbonyl (C=O) groups excluding carboxylic acids is 2. The fourth-order valence-electron chi connectivity index (χ4n) is 3.84. The molecular formula is C25H23F2N5O4S2. The van der Waals surface area contributed by atoms with Crippen LogP contribution in [0.5, 0.6) is 0 Å². The second-order valence-electron chi connectivity index (χ2n) is 8.83. The number of hydrogen-bond donors (Lipinski definition) is 2. The normalized spacial score (nSPS) is 16.6. The van der Waals surface area contributed by atoms with Crippen molar-refractivity contribution in [2.24, 2.45) is 0 Å². The molecular weight excluding hydrogens is 536 g/mol. The average molecular weight is 560 g/mol. The second-order valence-corrected chi connectivity index (χ2v) is 11.5. The SMILES string of the molecule is Cc1ccc(S(=O)(=O)Nc2ccc(Cc3nc(C(=O)NCC(=O)N4CC(F)(F)C[C@H]4C#N)cs3)cc2)cc1. The quantitative estimate of drug-likeness (QED) is 0.435. The van der Waals surface area contributed by atoms with Crippen LogP contribution in [0.1, 0.15) is 33.0 Å². The third kappa shape index (κ3) is 6.51. The standard InChI is InChI=1S/C25H23F2N5O4S2/c1-16-2-8-20(9-3-16)38(35,36)31-18-6-4-17(5-7-18)10-22-30-21(14-37-22)24(34)29-13-23(33)32-15-25(26,27)11-19(32)12-28/h2-9,14,19,31H,10-11,13,15H2,1H3,(H,29,34)/t19-/m0/s1. The summed E-state index contributed by atoms with van der Waals surface area (Å²) < 4.78 is 54.7. The van der Waals surface area contributed by atoms with Crippen LogP contribution < -0.4 is 10.0 Å². The Hall–Kier alpha value is -3.89. The van der Waals surface area contributed by atoms with Crippen LogP contribution in [0.3, 0.4) is 0 Å². The Labute approximate surface area is 222 Å². The summed E-state index contributed by atoms with van der Waals surface area (Å²) in [6, 6.07) is 13.7. The van der Waals surface area contributed by atoms with Crippen molar-refractivity contribution >= 4 is 38.9 Å². The van der Waals surface area contributed by atoms with Crippen LogP contribution >= 0.6 is 11.3 Å². The van der Waals surface area contributed by atoms with Gasteiger partial charge in [0.2, 0.25) is 5.91 Å². The number of nitriles is 1. The maximum Gasteiger partial charge on any atom is 0.271 e. The van der Waals surface area contributed by atoms with Crippen LogP contribution in [0, 0.1) is 18.3 Å². The van der Waals surface area contributed by atoms with E-state index in [1.807, 2.05) is 6.92 Å². The molecule has 2 heterocycles. The number of carbonyl (C=O) groups is 2. The molecule has 4 rings (SSSR count). The molecule has 0 spiro atoms. The molecule has 1 fully saturated rings. The van der Waals surface area contributed by atoms with Crippen LogP contribution in [0.4, 0.5) is 14.5 Å². The number of nitrogens with one attached hydrogen (secondary N) is 2. The first-order valence-electron chi connectivity index (χ1n) is 11.4. The van der Waals surface area contributed by atoms with Crippen molar-refractivity contribution in [3.63, 3.8) is 0 Å². The van der Waals surface area contributed by atoms with Gasteiger partial charge in [-0.2, -0.15) is 5.26 Å². The zero-order valence-electron chi connectivity index (χ0n) is 20.1. The molecule has 1 aromatic heterocycles. The van der Waals surface area contributed by atoms with E-state index in [1.54, 1.807) is 42.5 Å². The number of amides is 2. The maximum absolute atomic E-state index is 13.5. The van der Waals surface area contributed by atoms with Crippen LogP contribution in [0.15, 0.2) is 58.8 Å². The summed E-state index contributed by atoms with van der Waals surface area (Å²) in [4.78, 5) is 29.9. The van der Waals surface area contributed by atoms with E-state index >= 15 is 0 Å². The number of halogens is 2. The highest BCUT2D eigenvalue weighted by Crippen LogP contribution is 2.31. The molecule has 3 aromatic rings. The molecule has 2 amide bonds. The minimum atomic E-state index is -3.72. The van der Waals surface area contributed by atoms with Gasteiger partial charge in [-0.1, -0.05) is 29.8 Å². The van der Waals surface area contributed by atoms with Gasteiger partial charge in [-0.05, 0) is 36.8 Å². The van der Waals surface area contributed by atoms with Gasteiger partial charge in [0.15, 0.2) is 0 Å². The molecule has 0 saturated carbocycles. The molecule has 38 heavy (non-hydrogen) atoms. The molecule has 1 aliphatic heterocycles. The molecule has 9 nitrogen and oxygen atoms in total. The van der Waals surface area contributed by atoms with Gasteiger partial charge < -0.3 is 10.2 Å². The topological polar surface area (TPSA) is 132 Å². The number of anilines is 1. The number of likely N-dealkylation sites (tertiary alicyclic amines) is 1. The summed E-state index contributed by atoms with van der Waals surface area (Å²) >= 11 is 1.23. The van der Waals surface area contributed by atoms with E-state index in [9.17, 15) is 26.8 Å².